The summed E-state index contributed by atoms with van der Waals surface area (Å²) in [6.45, 7) is 11.3. The standard InChI is InChI=1S/C16H25N/c1-12(2)16(7-8-16)11-17-10-15-6-5-13(3)9-14(15)4/h5-6,9,12,17H,7-8,10-11H2,1-4H3. The van der Waals surface area contributed by atoms with Crippen LogP contribution in [0.5, 0.6) is 0 Å². The summed E-state index contributed by atoms with van der Waals surface area (Å²) < 4.78 is 0. The van der Waals surface area contributed by atoms with Crippen LogP contribution in [-0.2, 0) is 6.54 Å². The van der Waals surface area contributed by atoms with Gasteiger partial charge < -0.3 is 5.32 Å². The van der Waals surface area contributed by atoms with Crippen molar-refractivity contribution in [2.45, 2.75) is 47.1 Å². The van der Waals surface area contributed by atoms with Crippen LogP contribution in [0.4, 0.5) is 0 Å². The minimum Gasteiger partial charge on any atom is -0.312 e. The SMILES string of the molecule is Cc1ccc(CNCC2(C(C)C)CC2)c(C)c1. The Bertz CT molecular complexity index is 389. The van der Waals surface area contributed by atoms with Crippen molar-refractivity contribution in [1.29, 1.82) is 0 Å². The molecule has 0 saturated heterocycles. The van der Waals surface area contributed by atoms with Crippen LogP contribution in [0.15, 0.2) is 18.2 Å². The van der Waals surface area contributed by atoms with Gasteiger partial charge in [0.25, 0.3) is 0 Å². The van der Waals surface area contributed by atoms with Gasteiger partial charge in [0.05, 0.1) is 0 Å². The first-order valence-corrected chi connectivity index (χ1v) is 6.80. The molecule has 0 aromatic heterocycles. The van der Waals surface area contributed by atoms with E-state index < -0.39 is 0 Å². The van der Waals surface area contributed by atoms with Crippen LogP contribution in [0.3, 0.4) is 0 Å². The summed E-state index contributed by atoms with van der Waals surface area (Å²) in [5, 5.41) is 3.65. The smallest absolute Gasteiger partial charge is 0.0208 e. The van der Waals surface area contributed by atoms with Gasteiger partial charge in [-0.1, -0.05) is 37.6 Å². The first-order chi connectivity index (χ1) is 8.03. The normalized spacial score (nSPS) is 17.5. The first kappa shape index (κ1) is 12.6. The zero-order valence-corrected chi connectivity index (χ0v) is 11.6. The number of aryl methyl sites for hydroxylation is 2. The fraction of sp³-hybridized carbons (Fsp3) is 0.625. The predicted octanol–water partition coefficient (Wildman–Crippen LogP) is 3.83. The van der Waals surface area contributed by atoms with Gasteiger partial charge in [-0.05, 0) is 49.1 Å². The van der Waals surface area contributed by atoms with Crippen molar-refractivity contribution in [2.24, 2.45) is 11.3 Å². The van der Waals surface area contributed by atoms with Crippen LogP contribution in [0.25, 0.3) is 0 Å². The molecule has 1 nitrogen and oxygen atoms in total. The maximum Gasteiger partial charge on any atom is 0.0208 e. The van der Waals surface area contributed by atoms with Crippen LogP contribution in [0.2, 0.25) is 0 Å². The van der Waals surface area contributed by atoms with Crippen molar-refractivity contribution in [2.75, 3.05) is 6.54 Å². The Hall–Kier alpha value is -0.820. The van der Waals surface area contributed by atoms with Crippen LogP contribution in [0, 0.1) is 25.2 Å². The maximum absolute atomic E-state index is 3.65. The van der Waals surface area contributed by atoms with E-state index >= 15 is 0 Å². The van der Waals surface area contributed by atoms with Crippen LogP contribution >= 0.6 is 0 Å². The number of nitrogens with one attached hydrogen (secondary N) is 1. The van der Waals surface area contributed by atoms with Gasteiger partial charge >= 0.3 is 0 Å². The van der Waals surface area contributed by atoms with E-state index in [4.69, 9.17) is 0 Å². The Kier molecular flexibility index (Phi) is 3.58. The lowest BCUT2D eigenvalue weighted by Crippen LogP contribution is -2.27. The fourth-order valence-corrected chi connectivity index (χ4v) is 2.61. The molecule has 1 aromatic carbocycles. The van der Waals surface area contributed by atoms with Crippen molar-refractivity contribution in [3.63, 3.8) is 0 Å². The summed E-state index contributed by atoms with van der Waals surface area (Å²) in [4.78, 5) is 0. The molecule has 94 valence electrons. The third kappa shape index (κ3) is 2.90. The molecule has 1 heteroatoms. The van der Waals surface area contributed by atoms with Crippen molar-refractivity contribution in [3.8, 4) is 0 Å². The second-order valence-electron chi connectivity index (χ2n) is 6.05. The topological polar surface area (TPSA) is 12.0 Å². The molecule has 0 atom stereocenters. The molecule has 0 unspecified atom stereocenters. The van der Waals surface area contributed by atoms with Gasteiger partial charge in [-0.15, -0.1) is 0 Å². The van der Waals surface area contributed by atoms with E-state index in [1.807, 2.05) is 0 Å². The highest BCUT2D eigenvalue weighted by Crippen LogP contribution is 2.51. The summed E-state index contributed by atoms with van der Waals surface area (Å²) in [6, 6.07) is 6.73. The Balaban J connectivity index is 1.86. The van der Waals surface area contributed by atoms with E-state index in [1.165, 1.54) is 36.1 Å². The molecule has 1 aromatic rings. The summed E-state index contributed by atoms with van der Waals surface area (Å²) in [5.41, 5.74) is 4.81. The predicted molar refractivity (Wildman–Crippen MR) is 74.1 cm³/mol. The second kappa shape index (κ2) is 4.81. The average Bonchev–Trinajstić information content (AvgIpc) is 3.02. The van der Waals surface area contributed by atoms with Crippen molar-refractivity contribution >= 4 is 0 Å². The Morgan fingerprint density at radius 1 is 1.24 bits per heavy atom. The zero-order valence-electron chi connectivity index (χ0n) is 11.6. The van der Waals surface area contributed by atoms with Gasteiger partial charge in [0.2, 0.25) is 0 Å². The van der Waals surface area contributed by atoms with Gasteiger partial charge in [-0.25, -0.2) is 0 Å². The molecule has 1 saturated carbocycles. The molecule has 0 bridgehead atoms. The van der Waals surface area contributed by atoms with E-state index in [9.17, 15) is 0 Å². The van der Waals surface area contributed by atoms with Crippen molar-refractivity contribution in [3.05, 3.63) is 34.9 Å². The second-order valence-corrected chi connectivity index (χ2v) is 6.05. The fourth-order valence-electron chi connectivity index (χ4n) is 2.61. The number of hydrogen-bond acceptors (Lipinski definition) is 1. The van der Waals surface area contributed by atoms with Crippen LogP contribution in [0.1, 0.15) is 43.4 Å². The highest BCUT2D eigenvalue weighted by molar-refractivity contribution is 5.30. The maximum atomic E-state index is 3.65. The number of rotatable bonds is 5. The molecule has 0 aliphatic heterocycles. The lowest BCUT2D eigenvalue weighted by atomic mass is 9.92. The van der Waals surface area contributed by atoms with Crippen molar-refractivity contribution in [1.82, 2.24) is 5.32 Å². The highest BCUT2D eigenvalue weighted by atomic mass is 14.9. The number of hydrogen-bond donors (Lipinski definition) is 1. The highest BCUT2D eigenvalue weighted by Gasteiger charge is 2.44. The van der Waals surface area contributed by atoms with Gasteiger partial charge in [0, 0.05) is 13.1 Å². The molecule has 17 heavy (non-hydrogen) atoms. The monoisotopic (exact) mass is 231 g/mol. The van der Waals surface area contributed by atoms with E-state index in [0.717, 1.165) is 12.5 Å². The molecule has 1 aliphatic rings. The largest absolute Gasteiger partial charge is 0.312 e. The van der Waals surface area contributed by atoms with Crippen molar-refractivity contribution < 1.29 is 0 Å². The van der Waals surface area contributed by atoms with E-state index in [1.54, 1.807) is 0 Å². The van der Waals surface area contributed by atoms with Crippen LogP contribution < -0.4 is 5.32 Å². The molecule has 1 N–H and O–H groups in total. The lowest BCUT2D eigenvalue weighted by molar-refractivity contribution is 0.337. The van der Waals surface area contributed by atoms with Gasteiger partial charge in [-0.3, -0.25) is 0 Å². The Labute approximate surface area is 106 Å². The Morgan fingerprint density at radius 2 is 1.94 bits per heavy atom. The Morgan fingerprint density at radius 3 is 2.47 bits per heavy atom. The number of benzene rings is 1. The molecule has 1 fully saturated rings. The molecule has 0 amide bonds. The summed E-state index contributed by atoms with van der Waals surface area (Å²) in [7, 11) is 0. The first-order valence-electron chi connectivity index (χ1n) is 6.80. The molecular weight excluding hydrogens is 206 g/mol. The molecule has 1 aliphatic carbocycles. The third-order valence-electron chi connectivity index (χ3n) is 4.41. The third-order valence-corrected chi connectivity index (χ3v) is 4.41. The zero-order chi connectivity index (χ0) is 12.5. The van der Waals surface area contributed by atoms with E-state index in [0.29, 0.717) is 5.41 Å². The minimum absolute atomic E-state index is 0.610. The van der Waals surface area contributed by atoms with Gasteiger partial charge in [-0.2, -0.15) is 0 Å². The lowest BCUT2D eigenvalue weighted by Gasteiger charge is -2.20. The molecule has 0 spiro atoms. The quantitative estimate of drug-likeness (QED) is 0.812. The average molecular weight is 231 g/mol. The summed E-state index contributed by atoms with van der Waals surface area (Å²) >= 11 is 0. The summed E-state index contributed by atoms with van der Waals surface area (Å²) in [5.74, 6) is 0.814. The van der Waals surface area contributed by atoms with Gasteiger partial charge in [0.1, 0.15) is 0 Å². The summed E-state index contributed by atoms with van der Waals surface area (Å²) in [6.07, 6.45) is 2.81. The minimum atomic E-state index is 0.610. The molecule has 0 heterocycles. The molecule has 2 rings (SSSR count). The van der Waals surface area contributed by atoms with Crippen LogP contribution in [-0.4, -0.2) is 6.54 Å². The van der Waals surface area contributed by atoms with E-state index in [-0.39, 0.29) is 0 Å². The van der Waals surface area contributed by atoms with Gasteiger partial charge in [0.15, 0.2) is 0 Å². The molecule has 0 radical (unpaired) electrons. The molecular formula is C16H25N. The van der Waals surface area contributed by atoms with E-state index in [2.05, 4.69) is 51.2 Å².